The molecule has 3 rings (SSSR count). The second-order valence-electron chi connectivity index (χ2n) is 5.75. The molecule has 0 spiro atoms. The molecule has 0 amide bonds. The first-order chi connectivity index (χ1) is 11.4. The van der Waals surface area contributed by atoms with Crippen LogP contribution in [0.4, 0.5) is 5.82 Å². The van der Waals surface area contributed by atoms with Crippen LogP contribution in [-0.2, 0) is 19.1 Å². The second kappa shape index (κ2) is 5.91. The summed E-state index contributed by atoms with van der Waals surface area (Å²) in [4.78, 5) is 34.5. The van der Waals surface area contributed by atoms with Crippen molar-refractivity contribution in [2.75, 3.05) is 18.9 Å². The van der Waals surface area contributed by atoms with E-state index in [9.17, 15) is 9.59 Å². The predicted octanol–water partition coefficient (Wildman–Crippen LogP) is 0.766. The summed E-state index contributed by atoms with van der Waals surface area (Å²) in [5, 5.41) is 0. The second-order valence-corrected chi connectivity index (χ2v) is 5.75. The smallest absolute Gasteiger partial charge is 0.302 e. The molecular formula is C15H17N5O4. The Morgan fingerprint density at radius 1 is 1.25 bits per heavy atom. The summed E-state index contributed by atoms with van der Waals surface area (Å²) in [5.74, 6) is -0.451. The summed E-state index contributed by atoms with van der Waals surface area (Å²) in [7, 11) is 0. The maximum absolute atomic E-state index is 11.1. The molecule has 24 heavy (non-hydrogen) atoms. The quantitative estimate of drug-likeness (QED) is 0.797. The zero-order valence-corrected chi connectivity index (χ0v) is 13.4. The fourth-order valence-corrected chi connectivity index (χ4v) is 2.44. The molecule has 0 bridgehead atoms. The van der Waals surface area contributed by atoms with Crippen molar-refractivity contribution in [3.8, 4) is 0 Å². The molecule has 2 heterocycles. The number of rotatable bonds is 5. The molecule has 0 aromatic carbocycles. The third-order valence-electron chi connectivity index (χ3n) is 3.87. The molecule has 2 aromatic heterocycles. The van der Waals surface area contributed by atoms with Gasteiger partial charge in [0.05, 0.1) is 5.41 Å². The molecule has 9 heteroatoms. The topological polar surface area (TPSA) is 122 Å². The van der Waals surface area contributed by atoms with E-state index in [0.717, 1.165) is 5.57 Å². The number of nitrogen functional groups attached to an aromatic ring is 1. The first kappa shape index (κ1) is 15.9. The lowest BCUT2D eigenvalue weighted by molar-refractivity contribution is -0.146. The SMILES string of the molecule is CC(=O)OCC1(COC(C)=O)CC1=Cn1cnc2c(N)ncnc21. The van der Waals surface area contributed by atoms with Gasteiger partial charge in [0.15, 0.2) is 17.0 Å². The monoisotopic (exact) mass is 331 g/mol. The summed E-state index contributed by atoms with van der Waals surface area (Å²) in [5.41, 5.74) is 7.34. The van der Waals surface area contributed by atoms with Gasteiger partial charge in [0.25, 0.3) is 0 Å². The average Bonchev–Trinajstić information content (AvgIpc) is 3.04. The molecule has 1 aliphatic rings. The highest BCUT2D eigenvalue weighted by atomic mass is 16.5. The van der Waals surface area contributed by atoms with Crippen LogP contribution in [0.2, 0.25) is 0 Å². The van der Waals surface area contributed by atoms with E-state index in [1.54, 1.807) is 10.9 Å². The third kappa shape index (κ3) is 3.05. The molecule has 2 N–H and O–H groups in total. The van der Waals surface area contributed by atoms with E-state index >= 15 is 0 Å². The highest BCUT2D eigenvalue weighted by Crippen LogP contribution is 2.53. The molecular weight excluding hydrogens is 314 g/mol. The number of carbonyl (C=O) groups is 2. The van der Waals surface area contributed by atoms with Crippen LogP contribution in [0.3, 0.4) is 0 Å². The minimum absolute atomic E-state index is 0.158. The maximum atomic E-state index is 11.1. The molecule has 1 fully saturated rings. The lowest BCUT2D eigenvalue weighted by Gasteiger charge is -2.14. The van der Waals surface area contributed by atoms with Crippen LogP contribution in [0.25, 0.3) is 17.4 Å². The lowest BCUT2D eigenvalue weighted by Crippen LogP contribution is -2.21. The number of nitrogens with zero attached hydrogens (tertiary/aromatic N) is 4. The molecule has 1 saturated carbocycles. The molecule has 0 unspecified atom stereocenters. The van der Waals surface area contributed by atoms with Crippen molar-refractivity contribution < 1.29 is 19.1 Å². The highest BCUT2D eigenvalue weighted by Gasteiger charge is 2.51. The number of carbonyl (C=O) groups excluding carboxylic acids is 2. The van der Waals surface area contributed by atoms with E-state index in [1.807, 2.05) is 6.20 Å². The van der Waals surface area contributed by atoms with Gasteiger partial charge in [-0.05, 0) is 12.0 Å². The summed E-state index contributed by atoms with van der Waals surface area (Å²) >= 11 is 0. The van der Waals surface area contributed by atoms with Gasteiger partial charge in [-0.15, -0.1) is 0 Å². The van der Waals surface area contributed by atoms with E-state index in [2.05, 4.69) is 15.0 Å². The number of hydrogen-bond acceptors (Lipinski definition) is 8. The fraction of sp³-hybridized carbons (Fsp3) is 0.400. The minimum atomic E-state index is -0.494. The highest BCUT2D eigenvalue weighted by molar-refractivity contribution is 5.82. The van der Waals surface area contributed by atoms with Gasteiger partial charge >= 0.3 is 11.9 Å². The average molecular weight is 331 g/mol. The number of nitrogens with two attached hydrogens (primary N) is 1. The van der Waals surface area contributed by atoms with E-state index in [0.29, 0.717) is 23.4 Å². The Labute approximate surface area is 137 Å². The number of ether oxygens (including phenoxy) is 2. The molecule has 0 aliphatic heterocycles. The third-order valence-corrected chi connectivity index (χ3v) is 3.87. The van der Waals surface area contributed by atoms with E-state index < -0.39 is 5.41 Å². The first-order valence-electron chi connectivity index (χ1n) is 7.32. The van der Waals surface area contributed by atoms with Gasteiger partial charge in [-0.3, -0.25) is 14.2 Å². The van der Waals surface area contributed by atoms with Crippen molar-refractivity contribution in [1.82, 2.24) is 19.5 Å². The van der Waals surface area contributed by atoms with Gasteiger partial charge in [-0.1, -0.05) is 0 Å². The van der Waals surface area contributed by atoms with Crippen LogP contribution in [0.1, 0.15) is 20.3 Å². The van der Waals surface area contributed by atoms with Crippen LogP contribution in [0, 0.1) is 5.41 Å². The Balaban J connectivity index is 1.86. The normalized spacial score (nSPS) is 17.0. The van der Waals surface area contributed by atoms with Crippen molar-refractivity contribution in [2.45, 2.75) is 20.3 Å². The van der Waals surface area contributed by atoms with Crippen molar-refractivity contribution in [3.63, 3.8) is 0 Å². The van der Waals surface area contributed by atoms with Crippen molar-refractivity contribution in [3.05, 3.63) is 18.2 Å². The Morgan fingerprint density at radius 3 is 2.54 bits per heavy atom. The Hall–Kier alpha value is -2.97. The van der Waals surface area contributed by atoms with Gasteiger partial charge in [0, 0.05) is 20.0 Å². The number of esters is 2. The zero-order chi connectivity index (χ0) is 17.3. The Morgan fingerprint density at radius 2 is 1.92 bits per heavy atom. The Kier molecular flexibility index (Phi) is 3.92. The van der Waals surface area contributed by atoms with E-state index in [-0.39, 0.29) is 25.2 Å². The van der Waals surface area contributed by atoms with Crippen LogP contribution in [-0.4, -0.2) is 44.7 Å². The van der Waals surface area contributed by atoms with Crippen LogP contribution < -0.4 is 5.73 Å². The van der Waals surface area contributed by atoms with Crippen LogP contribution in [0.5, 0.6) is 0 Å². The van der Waals surface area contributed by atoms with Gasteiger partial charge in [0.2, 0.25) is 0 Å². The molecule has 126 valence electrons. The van der Waals surface area contributed by atoms with E-state index in [4.69, 9.17) is 15.2 Å². The molecule has 0 saturated heterocycles. The summed E-state index contributed by atoms with van der Waals surface area (Å²) in [6, 6.07) is 0. The number of fused-ring (bicyclic) bond motifs is 1. The minimum Gasteiger partial charge on any atom is -0.465 e. The van der Waals surface area contributed by atoms with Gasteiger partial charge < -0.3 is 15.2 Å². The summed E-state index contributed by atoms with van der Waals surface area (Å²) < 4.78 is 12.0. The number of hydrogen-bond donors (Lipinski definition) is 1. The Bertz CT molecular complexity index is 824. The van der Waals surface area contributed by atoms with E-state index in [1.165, 1.54) is 20.2 Å². The number of anilines is 1. The molecule has 9 nitrogen and oxygen atoms in total. The van der Waals surface area contributed by atoms with Crippen molar-refractivity contribution >= 4 is 35.1 Å². The maximum Gasteiger partial charge on any atom is 0.302 e. The van der Waals surface area contributed by atoms with Crippen molar-refractivity contribution in [2.24, 2.45) is 5.41 Å². The lowest BCUT2D eigenvalue weighted by atomic mass is 10.1. The molecule has 2 aromatic rings. The van der Waals surface area contributed by atoms with Crippen molar-refractivity contribution in [1.29, 1.82) is 0 Å². The largest absolute Gasteiger partial charge is 0.465 e. The first-order valence-corrected chi connectivity index (χ1v) is 7.32. The molecule has 1 aliphatic carbocycles. The fourth-order valence-electron chi connectivity index (χ4n) is 2.44. The molecule has 0 atom stereocenters. The van der Waals surface area contributed by atoms with Gasteiger partial charge in [-0.25, -0.2) is 15.0 Å². The summed E-state index contributed by atoms with van der Waals surface area (Å²) in [6.07, 6.45) is 5.44. The van der Waals surface area contributed by atoms with Gasteiger partial charge in [0.1, 0.15) is 25.9 Å². The number of aromatic nitrogens is 4. The number of imidazole rings is 1. The standard InChI is InChI=1S/C15H17N5O4/c1-9(21)23-5-15(6-24-10(2)22)3-11(15)4-20-8-19-12-13(16)17-7-18-14(12)20/h4,7-8H,3,5-6H2,1-2H3,(H2,16,17,18). The van der Waals surface area contributed by atoms with Crippen LogP contribution >= 0.6 is 0 Å². The zero-order valence-electron chi connectivity index (χ0n) is 13.4. The predicted molar refractivity (Wildman–Crippen MR) is 84.3 cm³/mol. The van der Waals surface area contributed by atoms with Crippen LogP contribution in [0.15, 0.2) is 18.2 Å². The molecule has 0 radical (unpaired) electrons. The summed E-state index contributed by atoms with van der Waals surface area (Å²) in [6.45, 7) is 3.00. The van der Waals surface area contributed by atoms with Gasteiger partial charge in [-0.2, -0.15) is 0 Å².